The van der Waals surface area contributed by atoms with Crippen molar-refractivity contribution in [3.05, 3.63) is 270 Å². The molecule has 12 aromatic rings. The largest absolute Gasteiger partial charge is 0.310 e. The molecule has 0 aliphatic carbocycles. The first-order valence-corrected chi connectivity index (χ1v) is 25.9. The second-order valence-corrected chi connectivity index (χ2v) is 20.9. The van der Waals surface area contributed by atoms with Crippen LogP contribution in [0.2, 0.25) is 0 Å². The first-order chi connectivity index (χ1) is 37.1. The van der Waals surface area contributed by atoms with E-state index in [2.05, 4.69) is 243 Å². The van der Waals surface area contributed by atoms with Crippen molar-refractivity contribution in [3.8, 4) is 50.6 Å². The second-order valence-electron chi connectivity index (χ2n) is 20.9. The SMILES string of the molecule is [C-]#[N+]c1ccc(N(c2cc(-c3ccccc3)ccc2C)c2cc(N(c3ccc(C#N)c(-c4ccccc4)c3)c3cc(-c4ccccc4)ccc3C)c3ccc4cc(C(C)(C)C)cc5ccc2c3c45)cc1-c1ccccc1. The van der Waals surface area contributed by atoms with E-state index in [-0.39, 0.29) is 5.41 Å². The molecule has 0 bridgehead atoms. The van der Waals surface area contributed by atoms with E-state index in [1.807, 2.05) is 48.5 Å². The number of nitriles is 1. The number of aryl methyl sites for hydroxylation is 2. The quantitative estimate of drug-likeness (QED) is 0.101. The first-order valence-electron chi connectivity index (χ1n) is 25.9. The average Bonchev–Trinajstić information content (AvgIpc) is 3.50. The topological polar surface area (TPSA) is 34.6 Å². The molecule has 12 rings (SSSR count). The molecule has 4 heteroatoms. The Morgan fingerprint density at radius 1 is 0.408 bits per heavy atom. The van der Waals surface area contributed by atoms with Crippen molar-refractivity contribution in [2.45, 2.75) is 40.0 Å². The van der Waals surface area contributed by atoms with Crippen LogP contribution in [0.25, 0.3) is 81.7 Å². The maximum atomic E-state index is 10.7. The highest BCUT2D eigenvalue weighted by Crippen LogP contribution is 2.53. The van der Waals surface area contributed by atoms with Crippen LogP contribution in [0.1, 0.15) is 43.0 Å². The Hall–Kier alpha value is -9.74. The molecule has 0 N–H and O–H groups in total. The minimum Gasteiger partial charge on any atom is -0.310 e. The zero-order valence-electron chi connectivity index (χ0n) is 43.3. The van der Waals surface area contributed by atoms with Gasteiger partial charge < -0.3 is 9.80 Å². The molecule has 362 valence electrons. The summed E-state index contributed by atoms with van der Waals surface area (Å²) in [5.74, 6) is 0. The van der Waals surface area contributed by atoms with E-state index >= 15 is 0 Å². The predicted molar refractivity (Wildman–Crippen MR) is 320 cm³/mol. The molecular weight excluding hydrogens is 921 g/mol. The lowest BCUT2D eigenvalue weighted by atomic mass is 9.83. The molecule has 0 saturated carbocycles. The maximum absolute atomic E-state index is 10.7. The molecule has 12 aromatic carbocycles. The first kappa shape index (κ1) is 47.3. The van der Waals surface area contributed by atoms with Gasteiger partial charge in [-0.15, -0.1) is 0 Å². The Labute approximate surface area is 445 Å². The van der Waals surface area contributed by atoms with Crippen LogP contribution < -0.4 is 9.80 Å². The summed E-state index contributed by atoms with van der Waals surface area (Å²) < 4.78 is 0. The van der Waals surface area contributed by atoms with Crippen LogP contribution in [0.3, 0.4) is 0 Å². The van der Waals surface area contributed by atoms with Crippen molar-refractivity contribution in [2.75, 3.05) is 9.80 Å². The maximum Gasteiger partial charge on any atom is 0.195 e. The highest BCUT2D eigenvalue weighted by molar-refractivity contribution is 6.29. The lowest BCUT2D eigenvalue weighted by Crippen LogP contribution is -2.16. The molecule has 0 spiro atoms. The fourth-order valence-electron chi connectivity index (χ4n) is 11.1. The van der Waals surface area contributed by atoms with Gasteiger partial charge in [-0.2, -0.15) is 5.26 Å². The Balaban J connectivity index is 1.24. The summed E-state index contributed by atoms with van der Waals surface area (Å²) in [6, 6.07) is 86.7. The molecule has 0 aliphatic heterocycles. The average molecular weight is 975 g/mol. The number of anilines is 6. The molecule has 0 unspecified atom stereocenters. The van der Waals surface area contributed by atoms with Gasteiger partial charge in [0.25, 0.3) is 0 Å². The van der Waals surface area contributed by atoms with Crippen LogP contribution in [0.5, 0.6) is 0 Å². The molecule has 0 saturated heterocycles. The molecule has 0 heterocycles. The minimum atomic E-state index is -0.0724. The fraction of sp³-hybridized carbons (Fsp3) is 0.0833. The van der Waals surface area contributed by atoms with Gasteiger partial charge in [0, 0.05) is 44.5 Å². The van der Waals surface area contributed by atoms with Gasteiger partial charge >= 0.3 is 0 Å². The minimum absolute atomic E-state index is 0.0724. The lowest BCUT2D eigenvalue weighted by molar-refractivity contribution is 0.591. The molecule has 0 radical (unpaired) electrons. The van der Waals surface area contributed by atoms with Crippen molar-refractivity contribution >= 4 is 72.1 Å². The summed E-state index contributed by atoms with van der Waals surface area (Å²) in [5.41, 5.74) is 18.6. The Kier molecular flexibility index (Phi) is 12.0. The van der Waals surface area contributed by atoms with Crippen LogP contribution in [-0.4, -0.2) is 0 Å². The third-order valence-electron chi connectivity index (χ3n) is 15.0. The number of rotatable bonds is 10. The van der Waals surface area contributed by atoms with Crippen molar-refractivity contribution in [3.63, 3.8) is 0 Å². The second kappa shape index (κ2) is 19.3. The summed E-state index contributed by atoms with van der Waals surface area (Å²) in [7, 11) is 0. The van der Waals surface area contributed by atoms with Gasteiger partial charge in [0.15, 0.2) is 5.69 Å². The van der Waals surface area contributed by atoms with E-state index in [0.29, 0.717) is 11.3 Å². The third kappa shape index (κ3) is 8.47. The number of hydrogen-bond acceptors (Lipinski definition) is 3. The van der Waals surface area contributed by atoms with E-state index in [1.54, 1.807) is 0 Å². The van der Waals surface area contributed by atoms with Gasteiger partial charge in [0.05, 0.1) is 29.6 Å². The lowest BCUT2D eigenvalue weighted by Gasteiger charge is -2.34. The van der Waals surface area contributed by atoms with E-state index in [0.717, 1.165) is 106 Å². The van der Waals surface area contributed by atoms with Crippen molar-refractivity contribution in [1.82, 2.24) is 0 Å². The van der Waals surface area contributed by atoms with Crippen LogP contribution in [0, 0.1) is 31.8 Å². The van der Waals surface area contributed by atoms with Crippen LogP contribution in [-0.2, 0) is 5.41 Å². The molecule has 0 amide bonds. The normalized spacial score (nSPS) is 11.5. The summed E-state index contributed by atoms with van der Waals surface area (Å²) in [5, 5.41) is 17.6. The Bertz CT molecular complexity index is 3970. The molecule has 0 atom stereocenters. The summed E-state index contributed by atoms with van der Waals surface area (Å²) in [6.07, 6.45) is 0. The molecule has 4 nitrogen and oxygen atoms in total. The van der Waals surface area contributed by atoms with Crippen LogP contribution in [0.4, 0.5) is 39.8 Å². The smallest absolute Gasteiger partial charge is 0.195 e. The predicted octanol–water partition coefficient (Wildman–Crippen LogP) is 20.5. The standard InChI is InChI=1S/C72H54N4/c1-47-27-29-53(49-19-11-7-12-20-49)41-66(47)75(59-34-31-57(46-73)63(43-59)51-23-15-9-16-24-51)68-45-69(62-37-33-56-40-58(72(3,4)5)39-55-32-36-61(68)71(62)70(55)56)76(67-42-54(30-28-48(67)2)50-21-13-8-14-22-50)60-35-38-65(74-6)64(44-60)52-25-17-10-18-26-52/h7-45H,1-5H3. The summed E-state index contributed by atoms with van der Waals surface area (Å²) >= 11 is 0. The van der Waals surface area contributed by atoms with Crippen LogP contribution in [0.15, 0.2) is 237 Å². The van der Waals surface area contributed by atoms with Gasteiger partial charge in [-0.25, -0.2) is 4.85 Å². The number of hydrogen-bond donors (Lipinski definition) is 0. The molecular formula is C72H54N4. The molecule has 76 heavy (non-hydrogen) atoms. The van der Waals surface area contributed by atoms with E-state index in [4.69, 9.17) is 6.57 Å². The van der Waals surface area contributed by atoms with Gasteiger partial charge in [-0.1, -0.05) is 209 Å². The third-order valence-corrected chi connectivity index (χ3v) is 15.0. The van der Waals surface area contributed by atoms with Gasteiger partial charge in [0.2, 0.25) is 0 Å². The monoisotopic (exact) mass is 974 g/mol. The van der Waals surface area contributed by atoms with Gasteiger partial charge in [-0.05, 0) is 140 Å². The highest BCUT2D eigenvalue weighted by atomic mass is 15.2. The van der Waals surface area contributed by atoms with Gasteiger partial charge in [-0.3, -0.25) is 0 Å². The fourth-order valence-corrected chi connectivity index (χ4v) is 11.1. The highest BCUT2D eigenvalue weighted by Gasteiger charge is 2.28. The zero-order valence-corrected chi connectivity index (χ0v) is 43.3. The summed E-state index contributed by atoms with van der Waals surface area (Å²) in [4.78, 5) is 8.93. The molecule has 0 aromatic heterocycles. The Morgan fingerprint density at radius 3 is 1.32 bits per heavy atom. The molecule has 0 fully saturated rings. The zero-order chi connectivity index (χ0) is 52.1. The van der Waals surface area contributed by atoms with E-state index in [9.17, 15) is 5.26 Å². The van der Waals surface area contributed by atoms with E-state index < -0.39 is 0 Å². The number of nitrogens with zero attached hydrogens (tertiary/aromatic N) is 4. The van der Waals surface area contributed by atoms with Gasteiger partial charge in [0.1, 0.15) is 0 Å². The van der Waals surface area contributed by atoms with Crippen molar-refractivity contribution < 1.29 is 0 Å². The van der Waals surface area contributed by atoms with E-state index in [1.165, 1.54) is 21.7 Å². The van der Waals surface area contributed by atoms with Crippen LogP contribution >= 0.6 is 0 Å². The van der Waals surface area contributed by atoms with Crippen molar-refractivity contribution in [1.29, 1.82) is 5.26 Å². The number of benzene rings is 12. The van der Waals surface area contributed by atoms with Crippen molar-refractivity contribution in [2.24, 2.45) is 0 Å². The molecule has 0 aliphatic rings. The summed E-state index contributed by atoms with van der Waals surface area (Å²) in [6.45, 7) is 19.6. The Morgan fingerprint density at radius 2 is 0.855 bits per heavy atom.